The quantitative estimate of drug-likeness (QED) is 0.899. The SMILES string of the molecule is COc1c(C)cc(C)cc1C(O)CN1CCOCC1. The Hall–Kier alpha value is -1.10. The Morgan fingerprint density at radius 1 is 1.32 bits per heavy atom. The second kappa shape index (κ2) is 6.37. The predicted molar refractivity (Wildman–Crippen MR) is 74.7 cm³/mol. The van der Waals surface area contributed by atoms with Crippen LogP contribution in [0, 0.1) is 13.8 Å². The Morgan fingerprint density at radius 2 is 2.00 bits per heavy atom. The van der Waals surface area contributed by atoms with Gasteiger partial charge in [0.15, 0.2) is 0 Å². The van der Waals surface area contributed by atoms with Crippen LogP contribution in [0.1, 0.15) is 22.8 Å². The number of hydrogen-bond donors (Lipinski definition) is 1. The van der Waals surface area contributed by atoms with E-state index in [1.807, 2.05) is 19.9 Å². The topological polar surface area (TPSA) is 41.9 Å². The molecule has 1 aliphatic heterocycles. The van der Waals surface area contributed by atoms with Gasteiger partial charge in [0.05, 0.1) is 26.4 Å². The maximum Gasteiger partial charge on any atom is 0.127 e. The van der Waals surface area contributed by atoms with Crippen molar-refractivity contribution in [3.8, 4) is 5.75 Å². The minimum absolute atomic E-state index is 0.522. The van der Waals surface area contributed by atoms with Gasteiger partial charge in [0.25, 0.3) is 0 Å². The van der Waals surface area contributed by atoms with Gasteiger partial charge in [-0.2, -0.15) is 0 Å². The van der Waals surface area contributed by atoms with Gasteiger partial charge in [0, 0.05) is 25.2 Å². The summed E-state index contributed by atoms with van der Waals surface area (Å²) in [4.78, 5) is 2.23. The van der Waals surface area contributed by atoms with E-state index in [2.05, 4.69) is 11.0 Å². The standard InChI is InChI=1S/C15H23NO3/c1-11-8-12(2)15(18-3)13(9-11)14(17)10-16-4-6-19-7-5-16/h8-9,14,17H,4-7,10H2,1-3H3. The molecule has 2 rings (SSSR count). The molecule has 0 spiro atoms. The number of β-amino-alcohol motifs (C(OH)–C–C–N with tert-alkyl or cyclic N) is 1. The first-order valence-corrected chi connectivity index (χ1v) is 6.75. The van der Waals surface area contributed by atoms with E-state index >= 15 is 0 Å². The zero-order valence-corrected chi connectivity index (χ0v) is 12.0. The van der Waals surface area contributed by atoms with Crippen LogP contribution >= 0.6 is 0 Å². The van der Waals surface area contributed by atoms with Crippen molar-refractivity contribution in [1.29, 1.82) is 0 Å². The molecule has 0 bridgehead atoms. The van der Waals surface area contributed by atoms with Crippen molar-refractivity contribution in [1.82, 2.24) is 4.90 Å². The average Bonchev–Trinajstić information content (AvgIpc) is 2.39. The van der Waals surface area contributed by atoms with E-state index in [1.54, 1.807) is 7.11 Å². The molecule has 1 saturated heterocycles. The number of aryl methyl sites for hydroxylation is 2. The van der Waals surface area contributed by atoms with Crippen molar-refractivity contribution < 1.29 is 14.6 Å². The van der Waals surface area contributed by atoms with Crippen LogP contribution in [0.4, 0.5) is 0 Å². The number of benzene rings is 1. The molecule has 1 fully saturated rings. The Morgan fingerprint density at radius 3 is 2.63 bits per heavy atom. The third-order valence-electron chi connectivity index (χ3n) is 3.55. The maximum atomic E-state index is 10.5. The number of rotatable bonds is 4. The molecule has 1 aliphatic rings. The number of hydrogen-bond acceptors (Lipinski definition) is 4. The first kappa shape index (κ1) is 14.3. The molecular weight excluding hydrogens is 242 g/mol. The van der Waals surface area contributed by atoms with Crippen molar-refractivity contribution in [3.63, 3.8) is 0 Å². The van der Waals surface area contributed by atoms with Gasteiger partial charge in [-0.15, -0.1) is 0 Å². The zero-order chi connectivity index (χ0) is 13.8. The van der Waals surface area contributed by atoms with Gasteiger partial charge < -0.3 is 14.6 Å². The second-order valence-electron chi connectivity index (χ2n) is 5.13. The third-order valence-corrected chi connectivity index (χ3v) is 3.55. The number of methoxy groups -OCH3 is 1. The van der Waals surface area contributed by atoms with E-state index in [4.69, 9.17) is 9.47 Å². The molecule has 1 aromatic rings. The van der Waals surface area contributed by atoms with Crippen molar-refractivity contribution in [2.75, 3.05) is 40.0 Å². The molecule has 0 radical (unpaired) electrons. The van der Waals surface area contributed by atoms with Crippen LogP contribution < -0.4 is 4.74 Å². The van der Waals surface area contributed by atoms with Crippen LogP contribution in [0.25, 0.3) is 0 Å². The van der Waals surface area contributed by atoms with E-state index in [0.717, 1.165) is 48.7 Å². The molecule has 0 aromatic heterocycles. The number of aliphatic hydroxyl groups excluding tert-OH is 1. The first-order chi connectivity index (χ1) is 9.11. The molecule has 19 heavy (non-hydrogen) atoms. The number of morpholine rings is 1. The Balaban J connectivity index is 2.15. The summed E-state index contributed by atoms with van der Waals surface area (Å²) < 4.78 is 10.8. The van der Waals surface area contributed by atoms with Crippen LogP contribution in [0.2, 0.25) is 0 Å². The Bertz CT molecular complexity index is 428. The summed E-state index contributed by atoms with van der Waals surface area (Å²) >= 11 is 0. The van der Waals surface area contributed by atoms with Gasteiger partial charge >= 0.3 is 0 Å². The van der Waals surface area contributed by atoms with Crippen molar-refractivity contribution >= 4 is 0 Å². The molecule has 0 saturated carbocycles. The highest BCUT2D eigenvalue weighted by atomic mass is 16.5. The zero-order valence-electron chi connectivity index (χ0n) is 12.0. The summed E-state index contributed by atoms with van der Waals surface area (Å²) in [5.74, 6) is 0.798. The summed E-state index contributed by atoms with van der Waals surface area (Å²) in [7, 11) is 1.66. The molecule has 1 N–H and O–H groups in total. The van der Waals surface area contributed by atoms with Crippen molar-refractivity contribution in [3.05, 3.63) is 28.8 Å². The van der Waals surface area contributed by atoms with E-state index in [0.29, 0.717) is 6.54 Å². The summed E-state index contributed by atoms with van der Waals surface area (Å²) in [6.45, 7) is 7.93. The van der Waals surface area contributed by atoms with Crippen LogP contribution in [0.3, 0.4) is 0 Å². The van der Waals surface area contributed by atoms with Gasteiger partial charge in [-0.25, -0.2) is 0 Å². The van der Waals surface area contributed by atoms with Crippen LogP contribution in [0.15, 0.2) is 12.1 Å². The van der Waals surface area contributed by atoms with E-state index in [-0.39, 0.29) is 0 Å². The van der Waals surface area contributed by atoms with Gasteiger partial charge in [-0.05, 0) is 25.5 Å². The summed E-state index contributed by atoms with van der Waals surface area (Å²) in [5.41, 5.74) is 3.10. The largest absolute Gasteiger partial charge is 0.496 e. The summed E-state index contributed by atoms with van der Waals surface area (Å²) in [5, 5.41) is 10.5. The fraction of sp³-hybridized carbons (Fsp3) is 0.600. The molecule has 1 heterocycles. The molecule has 4 heteroatoms. The molecule has 1 aromatic carbocycles. The van der Waals surface area contributed by atoms with Gasteiger partial charge in [0.1, 0.15) is 5.75 Å². The highest BCUT2D eigenvalue weighted by molar-refractivity contribution is 5.45. The fourth-order valence-corrected chi connectivity index (χ4v) is 2.64. The number of ether oxygens (including phenoxy) is 2. The Kier molecular flexibility index (Phi) is 4.80. The number of nitrogens with zero attached hydrogens (tertiary/aromatic N) is 1. The monoisotopic (exact) mass is 265 g/mol. The summed E-state index contributed by atoms with van der Waals surface area (Å²) in [6, 6.07) is 4.08. The Labute approximate surface area is 114 Å². The lowest BCUT2D eigenvalue weighted by Gasteiger charge is -2.29. The van der Waals surface area contributed by atoms with E-state index < -0.39 is 6.10 Å². The molecule has 1 unspecified atom stereocenters. The molecule has 0 aliphatic carbocycles. The second-order valence-corrected chi connectivity index (χ2v) is 5.13. The molecular formula is C15H23NO3. The summed E-state index contributed by atoms with van der Waals surface area (Å²) in [6.07, 6.45) is -0.522. The lowest BCUT2D eigenvalue weighted by Crippen LogP contribution is -2.38. The fourth-order valence-electron chi connectivity index (χ4n) is 2.64. The van der Waals surface area contributed by atoms with Gasteiger partial charge in [0.2, 0.25) is 0 Å². The van der Waals surface area contributed by atoms with E-state index in [9.17, 15) is 5.11 Å². The normalized spacial score (nSPS) is 18.3. The molecule has 106 valence electrons. The number of aliphatic hydroxyl groups is 1. The van der Waals surface area contributed by atoms with Crippen LogP contribution in [0.5, 0.6) is 5.75 Å². The highest BCUT2D eigenvalue weighted by Crippen LogP contribution is 2.30. The molecule has 0 amide bonds. The van der Waals surface area contributed by atoms with Gasteiger partial charge in [-0.3, -0.25) is 4.90 Å². The highest BCUT2D eigenvalue weighted by Gasteiger charge is 2.20. The van der Waals surface area contributed by atoms with E-state index in [1.165, 1.54) is 0 Å². The maximum absolute atomic E-state index is 10.5. The van der Waals surface area contributed by atoms with Gasteiger partial charge in [-0.1, -0.05) is 11.6 Å². The van der Waals surface area contributed by atoms with Crippen molar-refractivity contribution in [2.24, 2.45) is 0 Å². The smallest absolute Gasteiger partial charge is 0.127 e. The first-order valence-electron chi connectivity index (χ1n) is 6.75. The average molecular weight is 265 g/mol. The van der Waals surface area contributed by atoms with Crippen LogP contribution in [-0.4, -0.2) is 50.0 Å². The van der Waals surface area contributed by atoms with Crippen LogP contribution in [-0.2, 0) is 4.74 Å². The van der Waals surface area contributed by atoms with Crippen molar-refractivity contribution in [2.45, 2.75) is 20.0 Å². The lowest BCUT2D eigenvalue weighted by molar-refractivity contribution is 0.0139. The molecule has 4 nitrogen and oxygen atoms in total. The minimum Gasteiger partial charge on any atom is -0.496 e. The molecule has 1 atom stereocenters. The third kappa shape index (κ3) is 3.47. The predicted octanol–water partition coefficient (Wildman–Crippen LogP) is 1.68. The minimum atomic E-state index is -0.522. The lowest BCUT2D eigenvalue weighted by atomic mass is 10.0.